The number of halogens is 1. The van der Waals surface area contributed by atoms with Crippen molar-refractivity contribution in [2.45, 2.75) is 20.0 Å². The van der Waals surface area contributed by atoms with Crippen LogP contribution in [0.5, 0.6) is 5.75 Å². The van der Waals surface area contributed by atoms with E-state index in [1.165, 1.54) is 12.4 Å². The van der Waals surface area contributed by atoms with Gasteiger partial charge in [0.1, 0.15) is 17.3 Å². The van der Waals surface area contributed by atoms with Gasteiger partial charge in [-0.15, -0.1) is 0 Å². The number of anilines is 3. The fourth-order valence-corrected chi connectivity index (χ4v) is 2.53. The summed E-state index contributed by atoms with van der Waals surface area (Å²) in [5.74, 6) is 0.867. The summed E-state index contributed by atoms with van der Waals surface area (Å²) in [7, 11) is 0. The highest BCUT2D eigenvalue weighted by Crippen LogP contribution is 2.27. The molecule has 6 nitrogen and oxygen atoms in total. The standard InChI is InChI=1S/C20H19ClN4O2/c1-13(2)27-18-9-4-3-8-16(18)25-19-12-22-17(11-23-19)20(26)24-15-7-5-6-14(21)10-15/h3-13H,1-2H3,(H,23,25)(H,24,26). The van der Waals surface area contributed by atoms with Gasteiger partial charge in [-0.2, -0.15) is 0 Å². The Balaban J connectivity index is 1.70. The van der Waals surface area contributed by atoms with E-state index in [4.69, 9.17) is 16.3 Å². The van der Waals surface area contributed by atoms with E-state index >= 15 is 0 Å². The summed E-state index contributed by atoms with van der Waals surface area (Å²) in [4.78, 5) is 20.7. The van der Waals surface area contributed by atoms with Crippen LogP contribution < -0.4 is 15.4 Å². The van der Waals surface area contributed by atoms with Gasteiger partial charge < -0.3 is 15.4 Å². The van der Waals surface area contributed by atoms with Gasteiger partial charge in [0.15, 0.2) is 0 Å². The summed E-state index contributed by atoms with van der Waals surface area (Å²) in [6.07, 6.45) is 2.96. The van der Waals surface area contributed by atoms with Gasteiger partial charge >= 0.3 is 0 Å². The van der Waals surface area contributed by atoms with Crippen molar-refractivity contribution in [1.29, 1.82) is 0 Å². The lowest BCUT2D eigenvalue weighted by molar-refractivity contribution is 0.102. The Labute approximate surface area is 162 Å². The Morgan fingerprint density at radius 1 is 1.07 bits per heavy atom. The van der Waals surface area contributed by atoms with E-state index in [1.807, 2.05) is 38.1 Å². The molecule has 0 aliphatic rings. The minimum Gasteiger partial charge on any atom is -0.489 e. The van der Waals surface area contributed by atoms with Crippen LogP contribution in [0.15, 0.2) is 60.9 Å². The van der Waals surface area contributed by atoms with Crippen LogP contribution in [-0.4, -0.2) is 22.0 Å². The lowest BCUT2D eigenvalue weighted by Gasteiger charge is -2.15. The van der Waals surface area contributed by atoms with Gasteiger partial charge in [0.2, 0.25) is 0 Å². The molecular formula is C20H19ClN4O2. The SMILES string of the molecule is CC(C)Oc1ccccc1Nc1cnc(C(=O)Nc2cccc(Cl)c2)cn1. The van der Waals surface area contributed by atoms with Gasteiger partial charge in [-0.05, 0) is 44.2 Å². The van der Waals surface area contributed by atoms with Crippen molar-refractivity contribution < 1.29 is 9.53 Å². The van der Waals surface area contributed by atoms with Crippen LogP contribution in [-0.2, 0) is 0 Å². The Hall–Kier alpha value is -3.12. The van der Waals surface area contributed by atoms with Crippen LogP contribution in [0.3, 0.4) is 0 Å². The van der Waals surface area contributed by atoms with Crippen molar-refractivity contribution in [3.63, 3.8) is 0 Å². The number of benzene rings is 2. The number of rotatable bonds is 6. The molecule has 7 heteroatoms. The predicted molar refractivity (Wildman–Crippen MR) is 107 cm³/mol. The third-order valence-corrected chi connectivity index (χ3v) is 3.71. The quantitative estimate of drug-likeness (QED) is 0.633. The number of ether oxygens (including phenoxy) is 1. The third-order valence-electron chi connectivity index (χ3n) is 3.48. The number of hydrogen-bond acceptors (Lipinski definition) is 5. The second-order valence-electron chi connectivity index (χ2n) is 6.04. The van der Waals surface area contributed by atoms with Crippen molar-refractivity contribution in [2.75, 3.05) is 10.6 Å². The van der Waals surface area contributed by atoms with E-state index in [0.717, 1.165) is 11.4 Å². The Kier molecular flexibility index (Phi) is 5.88. The number of carbonyl (C=O) groups is 1. The molecule has 3 aromatic rings. The van der Waals surface area contributed by atoms with Crippen molar-refractivity contribution in [3.8, 4) is 5.75 Å². The predicted octanol–water partition coefficient (Wildman–Crippen LogP) is 4.91. The zero-order valence-electron chi connectivity index (χ0n) is 14.9. The number of nitrogens with zero attached hydrogens (tertiary/aromatic N) is 2. The molecule has 0 aliphatic carbocycles. The van der Waals surface area contributed by atoms with Gasteiger partial charge in [-0.3, -0.25) is 4.79 Å². The molecule has 0 aliphatic heterocycles. The molecule has 2 N–H and O–H groups in total. The number of nitrogens with one attached hydrogen (secondary N) is 2. The van der Waals surface area contributed by atoms with Gasteiger partial charge in [0.25, 0.3) is 5.91 Å². The maximum absolute atomic E-state index is 12.3. The first kappa shape index (κ1) is 18.7. The van der Waals surface area contributed by atoms with Crippen molar-refractivity contribution in [3.05, 3.63) is 71.6 Å². The maximum Gasteiger partial charge on any atom is 0.275 e. The molecule has 0 spiro atoms. The van der Waals surface area contributed by atoms with Crippen LogP contribution in [0, 0.1) is 0 Å². The second kappa shape index (κ2) is 8.51. The number of amides is 1. The van der Waals surface area contributed by atoms with Crippen molar-refractivity contribution >= 4 is 34.7 Å². The molecule has 0 saturated carbocycles. The molecule has 0 unspecified atom stereocenters. The number of hydrogen-bond donors (Lipinski definition) is 2. The van der Waals surface area contributed by atoms with Gasteiger partial charge in [-0.1, -0.05) is 29.8 Å². The van der Waals surface area contributed by atoms with Gasteiger partial charge in [0, 0.05) is 10.7 Å². The highest BCUT2D eigenvalue weighted by atomic mass is 35.5. The van der Waals surface area contributed by atoms with E-state index in [-0.39, 0.29) is 17.7 Å². The molecule has 0 radical (unpaired) electrons. The zero-order chi connectivity index (χ0) is 19.2. The molecule has 0 atom stereocenters. The van der Waals surface area contributed by atoms with Crippen LogP contribution in [0.2, 0.25) is 5.02 Å². The molecule has 1 amide bonds. The second-order valence-corrected chi connectivity index (χ2v) is 6.48. The summed E-state index contributed by atoms with van der Waals surface area (Å²) in [5, 5.41) is 6.43. The molecule has 0 fully saturated rings. The van der Waals surface area contributed by atoms with Crippen LogP contribution in [0.1, 0.15) is 24.3 Å². The van der Waals surface area contributed by atoms with E-state index < -0.39 is 0 Å². The molecule has 2 aromatic carbocycles. The molecule has 138 valence electrons. The van der Waals surface area contributed by atoms with E-state index in [1.54, 1.807) is 24.3 Å². The lowest BCUT2D eigenvalue weighted by atomic mass is 10.3. The summed E-state index contributed by atoms with van der Waals surface area (Å²) in [6.45, 7) is 3.92. The topological polar surface area (TPSA) is 76.1 Å². The van der Waals surface area contributed by atoms with Crippen molar-refractivity contribution in [1.82, 2.24) is 9.97 Å². The van der Waals surface area contributed by atoms with E-state index in [9.17, 15) is 4.79 Å². The highest BCUT2D eigenvalue weighted by Gasteiger charge is 2.10. The maximum atomic E-state index is 12.3. The van der Waals surface area contributed by atoms with Gasteiger partial charge in [0.05, 0.1) is 24.2 Å². The Morgan fingerprint density at radius 2 is 1.89 bits per heavy atom. The smallest absolute Gasteiger partial charge is 0.275 e. The largest absolute Gasteiger partial charge is 0.489 e. The Morgan fingerprint density at radius 3 is 2.59 bits per heavy atom. The average molecular weight is 383 g/mol. The minimum absolute atomic E-state index is 0.0524. The molecule has 1 heterocycles. The molecule has 3 rings (SSSR count). The number of aromatic nitrogens is 2. The molecule has 27 heavy (non-hydrogen) atoms. The molecule has 1 aromatic heterocycles. The van der Waals surface area contributed by atoms with Crippen molar-refractivity contribution in [2.24, 2.45) is 0 Å². The first-order valence-electron chi connectivity index (χ1n) is 8.43. The van der Waals surface area contributed by atoms with Gasteiger partial charge in [-0.25, -0.2) is 9.97 Å². The first-order chi connectivity index (χ1) is 13.0. The monoisotopic (exact) mass is 382 g/mol. The van der Waals surface area contributed by atoms with Crippen LogP contribution in [0.25, 0.3) is 0 Å². The van der Waals surface area contributed by atoms with Crippen LogP contribution >= 0.6 is 11.6 Å². The molecular weight excluding hydrogens is 364 g/mol. The summed E-state index contributed by atoms with van der Waals surface area (Å²) in [6, 6.07) is 14.5. The minimum atomic E-state index is -0.361. The summed E-state index contributed by atoms with van der Waals surface area (Å²) < 4.78 is 5.77. The lowest BCUT2D eigenvalue weighted by Crippen LogP contribution is -2.14. The third kappa shape index (κ3) is 5.18. The fourth-order valence-electron chi connectivity index (χ4n) is 2.34. The Bertz CT molecular complexity index is 929. The molecule has 0 saturated heterocycles. The first-order valence-corrected chi connectivity index (χ1v) is 8.81. The number of para-hydroxylation sites is 2. The normalized spacial score (nSPS) is 10.5. The van der Waals surface area contributed by atoms with E-state index in [0.29, 0.717) is 16.5 Å². The summed E-state index contributed by atoms with van der Waals surface area (Å²) in [5.41, 5.74) is 1.57. The van der Waals surface area contributed by atoms with E-state index in [2.05, 4.69) is 20.6 Å². The average Bonchev–Trinajstić information content (AvgIpc) is 2.63. The molecule has 0 bridgehead atoms. The van der Waals surface area contributed by atoms with Crippen LogP contribution in [0.4, 0.5) is 17.2 Å². The number of carbonyl (C=O) groups excluding carboxylic acids is 1. The fraction of sp³-hybridized carbons (Fsp3) is 0.150. The zero-order valence-corrected chi connectivity index (χ0v) is 15.7. The highest BCUT2D eigenvalue weighted by molar-refractivity contribution is 6.30. The summed E-state index contributed by atoms with van der Waals surface area (Å²) >= 11 is 5.92.